The topological polar surface area (TPSA) is 125 Å². The number of benzene rings is 1. The fourth-order valence-corrected chi connectivity index (χ4v) is 3.48. The van der Waals surface area contributed by atoms with Crippen molar-refractivity contribution in [1.82, 2.24) is 15.0 Å². The van der Waals surface area contributed by atoms with E-state index in [1.807, 2.05) is 0 Å². The Kier molecular flexibility index (Phi) is 6.02. The zero-order chi connectivity index (χ0) is 21.6. The number of nitrogens with zero attached hydrogens (tertiary/aromatic N) is 6. The van der Waals surface area contributed by atoms with E-state index in [0.29, 0.717) is 47.0 Å². The van der Waals surface area contributed by atoms with Crippen molar-refractivity contribution in [2.24, 2.45) is 5.73 Å². The summed E-state index contributed by atoms with van der Waals surface area (Å²) < 4.78 is 6.17. The van der Waals surface area contributed by atoms with Crippen LogP contribution in [-0.2, 0) is 6.42 Å². The summed E-state index contributed by atoms with van der Waals surface area (Å²) in [6.07, 6.45) is 7.91. The van der Waals surface area contributed by atoms with Gasteiger partial charge in [0, 0.05) is 31.5 Å². The number of pyridine rings is 1. The van der Waals surface area contributed by atoms with E-state index in [2.05, 4.69) is 32.0 Å². The summed E-state index contributed by atoms with van der Waals surface area (Å²) in [5, 5.41) is 18.9. The van der Waals surface area contributed by atoms with Crippen molar-refractivity contribution < 1.29 is 4.74 Å². The molecular formula is C23H21N7O. The van der Waals surface area contributed by atoms with Gasteiger partial charge in [-0.15, -0.1) is 0 Å². The molecule has 1 saturated heterocycles. The largest absolute Gasteiger partial charge is 0.455 e. The summed E-state index contributed by atoms with van der Waals surface area (Å²) in [6, 6.07) is 11.1. The van der Waals surface area contributed by atoms with Crippen molar-refractivity contribution in [3.05, 3.63) is 59.5 Å². The van der Waals surface area contributed by atoms with Gasteiger partial charge in [-0.05, 0) is 49.6 Å². The molecule has 0 saturated carbocycles. The fourth-order valence-electron chi connectivity index (χ4n) is 3.48. The Bertz CT molecular complexity index is 1160. The van der Waals surface area contributed by atoms with Crippen LogP contribution in [0, 0.1) is 22.7 Å². The molecule has 0 atom stereocenters. The minimum atomic E-state index is 0.315. The van der Waals surface area contributed by atoms with Gasteiger partial charge in [0.1, 0.15) is 28.9 Å². The molecule has 1 aromatic carbocycles. The summed E-state index contributed by atoms with van der Waals surface area (Å²) in [7, 11) is 0. The summed E-state index contributed by atoms with van der Waals surface area (Å²) in [5.41, 5.74) is 7.92. The van der Waals surface area contributed by atoms with Crippen molar-refractivity contribution in [1.29, 1.82) is 10.5 Å². The van der Waals surface area contributed by atoms with Crippen LogP contribution in [0.2, 0.25) is 0 Å². The molecule has 154 valence electrons. The van der Waals surface area contributed by atoms with Gasteiger partial charge in [-0.3, -0.25) is 0 Å². The molecule has 0 aliphatic carbocycles. The predicted octanol–water partition coefficient (Wildman–Crippen LogP) is 3.18. The van der Waals surface area contributed by atoms with E-state index in [-0.39, 0.29) is 0 Å². The molecule has 0 spiro atoms. The van der Waals surface area contributed by atoms with Gasteiger partial charge in [0.05, 0.1) is 23.4 Å². The van der Waals surface area contributed by atoms with Crippen LogP contribution in [0.1, 0.15) is 29.5 Å². The van der Waals surface area contributed by atoms with E-state index in [9.17, 15) is 10.5 Å². The van der Waals surface area contributed by atoms with Crippen LogP contribution in [0.5, 0.6) is 11.5 Å². The molecule has 1 aliphatic heterocycles. The summed E-state index contributed by atoms with van der Waals surface area (Å²) >= 11 is 0. The van der Waals surface area contributed by atoms with Crippen molar-refractivity contribution in [2.75, 3.05) is 24.5 Å². The number of nitrogens with two attached hydrogens (primary N) is 1. The summed E-state index contributed by atoms with van der Waals surface area (Å²) in [4.78, 5) is 15.4. The molecule has 4 rings (SSSR count). The molecule has 8 nitrogen and oxygen atoms in total. The van der Waals surface area contributed by atoms with E-state index in [0.717, 1.165) is 37.3 Å². The quantitative estimate of drug-likeness (QED) is 0.656. The van der Waals surface area contributed by atoms with Crippen molar-refractivity contribution in [3.63, 3.8) is 0 Å². The van der Waals surface area contributed by atoms with E-state index >= 15 is 0 Å². The van der Waals surface area contributed by atoms with Gasteiger partial charge < -0.3 is 15.4 Å². The first kappa shape index (κ1) is 20.3. The molecule has 3 aromatic rings. The monoisotopic (exact) mass is 411 g/mol. The van der Waals surface area contributed by atoms with E-state index in [1.54, 1.807) is 36.7 Å². The molecule has 0 unspecified atom stereocenters. The maximum atomic E-state index is 9.55. The molecule has 2 N–H and O–H groups in total. The van der Waals surface area contributed by atoms with E-state index < -0.39 is 0 Å². The molecular weight excluding hydrogens is 390 g/mol. The fraction of sp³-hybridized carbons (Fsp3) is 0.261. The Labute approximate surface area is 180 Å². The molecule has 0 bridgehead atoms. The Morgan fingerprint density at radius 1 is 0.968 bits per heavy atom. The maximum Gasteiger partial charge on any atom is 0.162 e. The zero-order valence-electron chi connectivity index (χ0n) is 17.0. The van der Waals surface area contributed by atoms with E-state index in [1.165, 1.54) is 6.20 Å². The highest BCUT2D eigenvalue weighted by atomic mass is 16.5. The number of ether oxygens (including phenoxy) is 1. The van der Waals surface area contributed by atoms with Crippen LogP contribution in [0.25, 0.3) is 11.4 Å². The lowest BCUT2D eigenvalue weighted by atomic mass is 10.1. The molecule has 31 heavy (non-hydrogen) atoms. The molecule has 1 fully saturated rings. The van der Waals surface area contributed by atoms with E-state index in [4.69, 9.17) is 10.5 Å². The molecule has 0 amide bonds. The highest BCUT2D eigenvalue weighted by molar-refractivity contribution is 5.67. The number of nitriles is 2. The predicted molar refractivity (Wildman–Crippen MR) is 115 cm³/mol. The number of hydrogen-bond donors (Lipinski definition) is 1. The van der Waals surface area contributed by atoms with Gasteiger partial charge in [-0.1, -0.05) is 0 Å². The third kappa shape index (κ3) is 4.45. The van der Waals surface area contributed by atoms with Crippen LogP contribution < -0.4 is 15.4 Å². The normalized spacial score (nSPS) is 12.9. The van der Waals surface area contributed by atoms with Gasteiger partial charge in [-0.25, -0.2) is 15.0 Å². The molecule has 3 heterocycles. The van der Waals surface area contributed by atoms with Gasteiger partial charge in [0.25, 0.3) is 0 Å². The number of rotatable bonds is 6. The highest BCUT2D eigenvalue weighted by Crippen LogP contribution is 2.35. The lowest BCUT2D eigenvalue weighted by molar-refractivity contribution is 0.481. The third-order valence-electron chi connectivity index (χ3n) is 5.11. The van der Waals surface area contributed by atoms with Crippen LogP contribution in [0.3, 0.4) is 0 Å². The summed E-state index contributed by atoms with van der Waals surface area (Å²) in [6.45, 7) is 2.37. The molecule has 0 radical (unpaired) electrons. The van der Waals surface area contributed by atoms with Crippen LogP contribution in [-0.4, -0.2) is 34.6 Å². The second kappa shape index (κ2) is 9.21. The Hall–Kier alpha value is -4.01. The first-order chi connectivity index (χ1) is 15.2. The number of anilines is 1. The third-order valence-corrected chi connectivity index (χ3v) is 5.11. The summed E-state index contributed by atoms with van der Waals surface area (Å²) in [5.74, 6) is 2.02. The standard InChI is InChI=1S/C23H21N7O/c24-6-5-17-13-28-23(29-14-17)19-4-3-16(11-25)9-21(19)31-20-10-22(27-15-18(20)12-26)30-7-1-2-8-30/h3-4,9-10,13-15H,1-2,5-8,24H2. The Balaban J connectivity index is 1.73. The average Bonchev–Trinajstić information content (AvgIpc) is 3.35. The van der Waals surface area contributed by atoms with Gasteiger partial charge >= 0.3 is 0 Å². The zero-order valence-corrected chi connectivity index (χ0v) is 17.0. The lowest BCUT2D eigenvalue weighted by Gasteiger charge is -2.18. The average molecular weight is 411 g/mol. The van der Waals surface area contributed by atoms with Gasteiger partial charge in [0.15, 0.2) is 5.82 Å². The Morgan fingerprint density at radius 2 is 1.74 bits per heavy atom. The van der Waals surface area contributed by atoms with Crippen molar-refractivity contribution in [2.45, 2.75) is 19.3 Å². The first-order valence-corrected chi connectivity index (χ1v) is 10.1. The second-order valence-electron chi connectivity index (χ2n) is 7.22. The van der Waals surface area contributed by atoms with Gasteiger partial charge in [-0.2, -0.15) is 10.5 Å². The lowest BCUT2D eigenvalue weighted by Crippen LogP contribution is -2.18. The van der Waals surface area contributed by atoms with Gasteiger partial charge in [0.2, 0.25) is 0 Å². The van der Waals surface area contributed by atoms with Crippen LogP contribution >= 0.6 is 0 Å². The second-order valence-corrected chi connectivity index (χ2v) is 7.22. The molecule has 8 heteroatoms. The minimum absolute atomic E-state index is 0.315. The first-order valence-electron chi connectivity index (χ1n) is 10.1. The van der Waals surface area contributed by atoms with Crippen molar-refractivity contribution >= 4 is 5.82 Å². The minimum Gasteiger partial charge on any atom is -0.455 e. The molecule has 1 aliphatic rings. The SMILES string of the molecule is N#Cc1ccc(-c2ncc(CCN)cn2)c(Oc2cc(N3CCCC3)ncc2C#N)c1. The van der Waals surface area contributed by atoms with Crippen molar-refractivity contribution in [3.8, 4) is 35.0 Å². The number of aromatic nitrogens is 3. The molecule has 2 aromatic heterocycles. The number of hydrogen-bond acceptors (Lipinski definition) is 8. The van der Waals surface area contributed by atoms with Crippen LogP contribution in [0.15, 0.2) is 42.9 Å². The highest BCUT2D eigenvalue weighted by Gasteiger charge is 2.18. The maximum absolute atomic E-state index is 9.55. The Morgan fingerprint density at radius 3 is 2.42 bits per heavy atom. The van der Waals surface area contributed by atoms with Crippen LogP contribution in [0.4, 0.5) is 5.82 Å². The smallest absolute Gasteiger partial charge is 0.162 e.